The van der Waals surface area contributed by atoms with E-state index in [4.69, 9.17) is 17.3 Å². The predicted molar refractivity (Wildman–Crippen MR) is 50.2 cm³/mol. The van der Waals surface area contributed by atoms with E-state index in [1.807, 2.05) is 12.1 Å². The lowest BCUT2D eigenvalue weighted by Crippen LogP contribution is -2.21. The first-order valence-corrected chi connectivity index (χ1v) is 4.22. The van der Waals surface area contributed by atoms with Gasteiger partial charge in [-0.25, -0.2) is 0 Å². The quantitative estimate of drug-likeness (QED) is 0.744. The Morgan fingerprint density at radius 1 is 1.33 bits per heavy atom. The molecule has 1 rings (SSSR count). The lowest BCUT2D eigenvalue weighted by Gasteiger charge is -2.06. The summed E-state index contributed by atoms with van der Waals surface area (Å²) in [5.41, 5.74) is 6.33. The van der Waals surface area contributed by atoms with E-state index >= 15 is 0 Å². The second kappa shape index (κ2) is 4.45. The molecule has 1 aromatic carbocycles. The van der Waals surface area contributed by atoms with Gasteiger partial charge >= 0.3 is 0 Å². The van der Waals surface area contributed by atoms with Gasteiger partial charge in [-0.15, -0.1) is 0 Å². The third-order valence-electron chi connectivity index (χ3n) is 1.66. The average molecular weight is 186 g/mol. The van der Waals surface area contributed by atoms with Gasteiger partial charge in [0.05, 0.1) is 6.10 Å². The summed E-state index contributed by atoms with van der Waals surface area (Å²) < 4.78 is 0. The molecule has 3 heteroatoms. The molecular weight excluding hydrogens is 174 g/mol. The summed E-state index contributed by atoms with van der Waals surface area (Å²) in [6, 6.07) is 7.39. The van der Waals surface area contributed by atoms with Crippen LogP contribution in [0.25, 0.3) is 0 Å². The molecular formula is C9H12ClNO. The SMILES string of the molecule is NC[C@@H](O)Cc1ccc(Cl)cc1. The number of rotatable bonds is 3. The fourth-order valence-electron chi connectivity index (χ4n) is 0.976. The predicted octanol–water partition coefficient (Wildman–Crippen LogP) is 1.20. The van der Waals surface area contributed by atoms with Crippen LogP contribution in [0.5, 0.6) is 0 Å². The summed E-state index contributed by atoms with van der Waals surface area (Å²) >= 11 is 5.69. The zero-order valence-electron chi connectivity index (χ0n) is 6.70. The molecule has 0 radical (unpaired) electrons. The van der Waals surface area contributed by atoms with Crippen LogP contribution in [0.3, 0.4) is 0 Å². The Morgan fingerprint density at radius 3 is 2.42 bits per heavy atom. The number of hydrogen-bond donors (Lipinski definition) is 2. The zero-order chi connectivity index (χ0) is 8.97. The van der Waals surface area contributed by atoms with Crippen LogP contribution in [0, 0.1) is 0 Å². The van der Waals surface area contributed by atoms with Crippen LogP contribution in [0.2, 0.25) is 5.02 Å². The van der Waals surface area contributed by atoms with Crippen LogP contribution >= 0.6 is 11.6 Å². The first-order valence-electron chi connectivity index (χ1n) is 3.85. The van der Waals surface area contributed by atoms with Crippen molar-refractivity contribution in [2.45, 2.75) is 12.5 Å². The first-order chi connectivity index (χ1) is 5.72. The molecule has 0 aromatic heterocycles. The zero-order valence-corrected chi connectivity index (χ0v) is 7.46. The Balaban J connectivity index is 2.58. The normalized spacial score (nSPS) is 12.9. The molecule has 0 spiro atoms. The van der Waals surface area contributed by atoms with Crippen LogP contribution in [0.4, 0.5) is 0 Å². The Bertz CT molecular complexity index is 235. The highest BCUT2D eigenvalue weighted by molar-refractivity contribution is 6.30. The van der Waals surface area contributed by atoms with Crippen molar-refractivity contribution in [3.8, 4) is 0 Å². The van der Waals surface area contributed by atoms with Crippen molar-refractivity contribution in [3.63, 3.8) is 0 Å². The fourth-order valence-corrected chi connectivity index (χ4v) is 1.10. The minimum Gasteiger partial charge on any atom is -0.391 e. The smallest absolute Gasteiger partial charge is 0.0702 e. The van der Waals surface area contributed by atoms with Crippen molar-refractivity contribution < 1.29 is 5.11 Å². The minimum atomic E-state index is -0.453. The Morgan fingerprint density at radius 2 is 1.92 bits per heavy atom. The van der Waals surface area contributed by atoms with Crippen molar-refractivity contribution in [1.29, 1.82) is 0 Å². The maximum atomic E-state index is 9.22. The highest BCUT2D eigenvalue weighted by Gasteiger charge is 2.01. The van der Waals surface area contributed by atoms with Gasteiger partial charge in [-0.05, 0) is 24.1 Å². The molecule has 0 heterocycles. The van der Waals surface area contributed by atoms with Crippen molar-refractivity contribution in [2.24, 2.45) is 5.73 Å². The monoisotopic (exact) mass is 185 g/mol. The third-order valence-corrected chi connectivity index (χ3v) is 1.91. The highest BCUT2D eigenvalue weighted by Crippen LogP contribution is 2.10. The molecule has 12 heavy (non-hydrogen) atoms. The van der Waals surface area contributed by atoms with Crippen LogP contribution in [-0.2, 0) is 6.42 Å². The topological polar surface area (TPSA) is 46.2 Å². The molecule has 1 atom stereocenters. The van der Waals surface area contributed by atoms with Crippen molar-refractivity contribution in [3.05, 3.63) is 34.9 Å². The molecule has 66 valence electrons. The highest BCUT2D eigenvalue weighted by atomic mass is 35.5. The molecule has 0 saturated heterocycles. The summed E-state index contributed by atoms with van der Waals surface area (Å²) in [7, 11) is 0. The summed E-state index contributed by atoms with van der Waals surface area (Å²) in [6.45, 7) is 0.294. The lowest BCUT2D eigenvalue weighted by atomic mass is 10.1. The fraction of sp³-hybridized carbons (Fsp3) is 0.333. The van der Waals surface area contributed by atoms with Gasteiger partial charge in [0.15, 0.2) is 0 Å². The summed E-state index contributed by atoms with van der Waals surface area (Å²) in [5.74, 6) is 0. The number of aliphatic hydroxyl groups is 1. The van der Waals surface area contributed by atoms with E-state index in [2.05, 4.69) is 0 Å². The van der Waals surface area contributed by atoms with Crippen LogP contribution in [-0.4, -0.2) is 17.8 Å². The molecule has 0 aliphatic rings. The molecule has 0 unspecified atom stereocenters. The molecule has 0 saturated carbocycles. The molecule has 0 bridgehead atoms. The number of benzene rings is 1. The third kappa shape index (κ3) is 2.81. The van der Waals surface area contributed by atoms with E-state index in [1.54, 1.807) is 12.1 Å². The Kier molecular flexibility index (Phi) is 3.53. The van der Waals surface area contributed by atoms with E-state index < -0.39 is 6.10 Å². The van der Waals surface area contributed by atoms with E-state index in [-0.39, 0.29) is 0 Å². The molecule has 0 aliphatic carbocycles. The summed E-state index contributed by atoms with van der Waals surface area (Å²) in [6.07, 6.45) is 0.138. The van der Waals surface area contributed by atoms with Crippen molar-refractivity contribution >= 4 is 11.6 Å². The van der Waals surface area contributed by atoms with Gasteiger partial charge in [0, 0.05) is 11.6 Å². The average Bonchev–Trinajstić information content (AvgIpc) is 2.09. The second-order valence-electron chi connectivity index (χ2n) is 2.72. The Hall–Kier alpha value is -0.570. The lowest BCUT2D eigenvalue weighted by molar-refractivity contribution is 0.183. The number of nitrogens with two attached hydrogens (primary N) is 1. The standard InChI is InChI=1S/C9H12ClNO/c10-8-3-1-7(2-4-8)5-9(12)6-11/h1-4,9,12H,5-6,11H2/t9-/m0/s1. The van der Waals surface area contributed by atoms with Gasteiger partial charge in [-0.2, -0.15) is 0 Å². The largest absolute Gasteiger partial charge is 0.391 e. The molecule has 1 aromatic rings. The van der Waals surface area contributed by atoms with Crippen LogP contribution in [0.1, 0.15) is 5.56 Å². The number of aliphatic hydroxyl groups excluding tert-OH is 1. The van der Waals surface area contributed by atoms with E-state index in [0.29, 0.717) is 18.0 Å². The maximum Gasteiger partial charge on any atom is 0.0702 e. The number of hydrogen-bond acceptors (Lipinski definition) is 2. The van der Waals surface area contributed by atoms with Gasteiger partial charge in [-0.3, -0.25) is 0 Å². The Labute approximate surface area is 77.0 Å². The van der Waals surface area contributed by atoms with Gasteiger partial charge in [0.2, 0.25) is 0 Å². The molecule has 0 aliphatic heterocycles. The number of halogens is 1. The summed E-state index contributed by atoms with van der Waals surface area (Å²) in [5, 5.41) is 9.93. The van der Waals surface area contributed by atoms with Crippen molar-refractivity contribution in [2.75, 3.05) is 6.54 Å². The van der Waals surface area contributed by atoms with E-state index in [0.717, 1.165) is 5.56 Å². The van der Waals surface area contributed by atoms with E-state index in [9.17, 15) is 5.11 Å². The minimum absolute atomic E-state index is 0.294. The maximum absolute atomic E-state index is 9.22. The van der Waals surface area contributed by atoms with Crippen molar-refractivity contribution in [1.82, 2.24) is 0 Å². The van der Waals surface area contributed by atoms with Gasteiger partial charge in [0.1, 0.15) is 0 Å². The molecule has 3 N–H and O–H groups in total. The van der Waals surface area contributed by atoms with Crippen LogP contribution < -0.4 is 5.73 Å². The van der Waals surface area contributed by atoms with E-state index in [1.165, 1.54) is 0 Å². The van der Waals surface area contributed by atoms with Gasteiger partial charge < -0.3 is 10.8 Å². The summed E-state index contributed by atoms with van der Waals surface area (Å²) in [4.78, 5) is 0. The van der Waals surface area contributed by atoms with Gasteiger partial charge in [-0.1, -0.05) is 23.7 Å². The molecule has 0 fully saturated rings. The molecule has 0 amide bonds. The second-order valence-corrected chi connectivity index (χ2v) is 3.16. The first kappa shape index (κ1) is 9.52. The van der Waals surface area contributed by atoms with Crippen LogP contribution in [0.15, 0.2) is 24.3 Å². The van der Waals surface area contributed by atoms with Gasteiger partial charge in [0.25, 0.3) is 0 Å². The molecule has 2 nitrogen and oxygen atoms in total.